The lowest BCUT2D eigenvalue weighted by atomic mass is 9.95. The molecule has 2 aromatic carbocycles. The van der Waals surface area contributed by atoms with Crippen LogP contribution in [0.5, 0.6) is 0 Å². The van der Waals surface area contributed by atoms with Crippen LogP contribution in [0.15, 0.2) is 71.1 Å². The van der Waals surface area contributed by atoms with Crippen LogP contribution in [0, 0.1) is 12.8 Å². The highest BCUT2D eigenvalue weighted by Crippen LogP contribution is 2.30. The minimum absolute atomic E-state index is 0.0183. The third-order valence-electron chi connectivity index (χ3n) is 6.49. The SMILES string of the molecule is Cc1ccc(-c2csc3ncn(CC(=O)N4CCC(C(=O)Nc5ccccc5)CC4)c(=O)c23)cc1. The van der Waals surface area contributed by atoms with E-state index in [-0.39, 0.29) is 29.8 Å². The van der Waals surface area contributed by atoms with Gasteiger partial charge in [0, 0.05) is 35.6 Å². The lowest BCUT2D eigenvalue weighted by Gasteiger charge is -2.31. The molecule has 7 nitrogen and oxygen atoms in total. The fraction of sp³-hybridized carbons (Fsp3) is 0.259. The van der Waals surface area contributed by atoms with Crippen molar-refractivity contribution < 1.29 is 9.59 Å². The van der Waals surface area contributed by atoms with Crippen LogP contribution < -0.4 is 10.9 Å². The van der Waals surface area contributed by atoms with Gasteiger partial charge in [-0.2, -0.15) is 0 Å². The van der Waals surface area contributed by atoms with Crippen LogP contribution in [0.4, 0.5) is 5.69 Å². The number of likely N-dealkylation sites (tertiary alicyclic amines) is 1. The molecule has 0 atom stereocenters. The number of piperidine rings is 1. The van der Waals surface area contributed by atoms with Crippen molar-refractivity contribution in [1.82, 2.24) is 14.5 Å². The highest BCUT2D eigenvalue weighted by molar-refractivity contribution is 7.17. The Balaban J connectivity index is 1.26. The lowest BCUT2D eigenvalue weighted by molar-refractivity contribution is -0.135. The van der Waals surface area contributed by atoms with E-state index in [1.165, 1.54) is 22.2 Å². The fourth-order valence-corrected chi connectivity index (χ4v) is 5.33. The predicted molar refractivity (Wildman–Crippen MR) is 138 cm³/mol. The maximum absolute atomic E-state index is 13.3. The predicted octanol–water partition coefficient (Wildman–Crippen LogP) is 4.31. The van der Waals surface area contributed by atoms with Crippen molar-refractivity contribution in [2.24, 2.45) is 5.92 Å². The summed E-state index contributed by atoms with van der Waals surface area (Å²) in [6.07, 6.45) is 2.65. The van der Waals surface area contributed by atoms with Gasteiger partial charge >= 0.3 is 0 Å². The summed E-state index contributed by atoms with van der Waals surface area (Å²) >= 11 is 1.43. The second-order valence-corrected chi connectivity index (χ2v) is 9.74. The van der Waals surface area contributed by atoms with E-state index >= 15 is 0 Å². The van der Waals surface area contributed by atoms with E-state index in [0.29, 0.717) is 36.1 Å². The normalized spacial score (nSPS) is 14.3. The molecule has 0 radical (unpaired) electrons. The number of aryl methyl sites for hydroxylation is 1. The van der Waals surface area contributed by atoms with E-state index in [4.69, 9.17) is 0 Å². The molecule has 0 saturated carbocycles. The van der Waals surface area contributed by atoms with Crippen LogP contribution in [0.1, 0.15) is 18.4 Å². The van der Waals surface area contributed by atoms with E-state index in [9.17, 15) is 14.4 Å². The number of amides is 2. The molecule has 1 N–H and O–H groups in total. The first-order chi connectivity index (χ1) is 17.0. The number of fused-ring (bicyclic) bond motifs is 1. The van der Waals surface area contributed by atoms with E-state index in [1.54, 1.807) is 4.90 Å². The van der Waals surface area contributed by atoms with E-state index in [0.717, 1.165) is 22.4 Å². The molecule has 0 aliphatic carbocycles. The van der Waals surface area contributed by atoms with Gasteiger partial charge in [0.2, 0.25) is 11.8 Å². The zero-order valence-corrected chi connectivity index (χ0v) is 20.3. The molecule has 0 spiro atoms. The van der Waals surface area contributed by atoms with Gasteiger partial charge in [-0.1, -0.05) is 48.0 Å². The Bertz CT molecular complexity index is 1420. The van der Waals surface area contributed by atoms with Gasteiger partial charge < -0.3 is 10.2 Å². The topological polar surface area (TPSA) is 84.3 Å². The first kappa shape index (κ1) is 23.0. The van der Waals surface area contributed by atoms with Gasteiger partial charge in [0.15, 0.2) is 0 Å². The number of benzene rings is 2. The summed E-state index contributed by atoms with van der Waals surface area (Å²) in [5.41, 5.74) is 3.51. The molecule has 1 fully saturated rings. The van der Waals surface area contributed by atoms with Crippen LogP contribution in [0.2, 0.25) is 0 Å². The number of nitrogens with one attached hydrogen (secondary N) is 1. The number of hydrogen-bond acceptors (Lipinski definition) is 5. The van der Waals surface area contributed by atoms with Gasteiger partial charge in [-0.15, -0.1) is 11.3 Å². The molecule has 178 valence electrons. The summed E-state index contributed by atoms with van der Waals surface area (Å²) in [4.78, 5) is 45.7. The molecule has 35 heavy (non-hydrogen) atoms. The van der Waals surface area contributed by atoms with Crippen LogP contribution >= 0.6 is 11.3 Å². The van der Waals surface area contributed by atoms with Crippen LogP contribution in [-0.4, -0.2) is 39.4 Å². The second kappa shape index (κ2) is 9.84. The maximum atomic E-state index is 13.3. The molecule has 1 aliphatic rings. The molecule has 8 heteroatoms. The highest BCUT2D eigenvalue weighted by Gasteiger charge is 2.28. The molecular weight excluding hydrogens is 460 g/mol. The largest absolute Gasteiger partial charge is 0.341 e. The summed E-state index contributed by atoms with van der Waals surface area (Å²) in [5, 5.41) is 5.44. The van der Waals surface area contributed by atoms with Crippen LogP contribution in [-0.2, 0) is 16.1 Å². The number of aromatic nitrogens is 2. The average Bonchev–Trinajstić information content (AvgIpc) is 3.32. The number of para-hydroxylation sites is 1. The van der Waals surface area contributed by atoms with Gasteiger partial charge in [0.25, 0.3) is 5.56 Å². The average molecular weight is 487 g/mol. The molecule has 2 amide bonds. The van der Waals surface area contributed by atoms with Crippen molar-refractivity contribution in [3.8, 4) is 11.1 Å². The Labute approximate surface area is 207 Å². The van der Waals surface area contributed by atoms with Crippen molar-refractivity contribution in [2.45, 2.75) is 26.3 Å². The standard InChI is InChI=1S/C27H26N4O3S/c1-18-7-9-19(10-8-18)22-16-35-26-24(22)27(34)31(17-28-26)15-23(32)30-13-11-20(12-14-30)25(33)29-21-5-3-2-4-6-21/h2-10,16-17,20H,11-15H2,1H3,(H,29,33). The van der Waals surface area contributed by atoms with E-state index < -0.39 is 0 Å². The fourth-order valence-electron chi connectivity index (χ4n) is 4.43. The molecule has 0 bridgehead atoms. The number of nitrogens with zero attached hydrogens (tertiary/aromatic N) is 3. The number of hydrogen-bond donors (Lipinski definition) is 1. The van der Waals surface area contributed by atoms with Crippen molar-refractivity contribution >= 4 is 39.1 Å². The zero-order chi connectivity index (χ0) is 24.4. The first-order valence-corrected chi connectivity index (χ1v) is 12.5. The van der Waals surface area contributed by atoms with Gasteiger partial charge in [-0.25, -0.2) is 4.98 Å². The summed E-state index contributed by atoms with van der Waals surface area (Å²) in [7, 11) is 0. The number of thiophene rings is 1. The molecule has 3 heterocycles. The quantitative estimate of drug-likeness (QED) is 0.456. The van der Waals surface area contributed by atoms with Gasteiger partial charge in [-0.05, 0) is 37.5 Å². The van der Waals surface area contributed by atoms with E-state index in [1.807, 2.05) is 66.9 Å². The monoisotopic (exact) mass is 486 g/mol. The van der Waals surface area contributed by atoms with Crippen LogP contribution in [0.25, 0.3) is 21.3 Å². The molecule has 1 saturated heterocycles. The minimum atomic E-state index is -0.211. The number of carbonyl (C=O) groups is 2. The molecular formula is C27H26N4O3S. The van der Waals surface area contributed by atoms with E-state index in [2.05, 4.69) is 10.3 Å². The summed E-state index contributed by atoms with van der Waals surface area (Å²) in [6, 6.07) is 17.4. The molecule has 0 unspecified atom stereocenters. The van der Waals surface area contributed by atoms with Crippen molar-refractivity contribution in [3.05, 3.63) is 82.2 Å². The molecule has 5 rings (SSSR count). The summed E-state index contributed by atoms with van der Waals surface area (Å²) in [5.74, 6) is -0.291. The zero-order valence-electron chi connectivity index (χ0n) is 19.4. The Hall–Kier alpha value is -3.78. The smallest absolute Gasteiger partial charge is 0.263 e. The number of rotatable bonds is 5. The van der Waals surface area contributed by atoms with Crippen molar-refractivity contribution in [1.29, 1.82) is 0 Å². The van der Waals surface area contributed by atoms with Gasteiger partial charge in [0.05, 0.1) is 11.7 Å². The van der Waals surface area contributed by atoms with Crippen molar-refractivity contribution in [3.63, 3.8) is 0 Å². The Morgan fingerprint density at radius 1 is 1.06 bits per heavy atom. The summed E-state index contributed by atoms with van der Waals surface area (Å²) in [6.45, 7) is 2.94. The first-order valence-electron chi connectivity index (χ1n) is 11.7. The molecule has 1 aliphatic heterocycles. The summed E-state index contributed by atoms with van der Waals surface area (Å²) < 4.78 is 1.39. The van der Waals surface area contributed by atoms with Crippen molar-refractivity contribution in [2.75, 3.05) is 18.4 Å². The number of carbonyl (C=O) groups excluding carboxylic acids is 2. The van der Waals surface area contributed by atoms with Crippen LogP contribution in [0.3, 0.4) is 0 Å². The highest BCUT2D eigenvalue weighted by atomic mass is 32.1. The third kappa shape index (κ3) is 4.88. The maximum Gasteiger partial charge on any atom is 0.263 e. The number of anilines is 1. The Morgan fingerprint density at radius 3 is 2.49 bits per heavy atom. The van der Waals surface area contributed by atoms with Gasteiger partial charge in [-0.3, -0.25) is 19.0 Å². The molecule has 2 aromatic heterocycles. The second-order valence-electron chi connectivity index (χ2n) is 8.88. The Morgan fingerprint density at radius 2 is 1.77 bits per heavy atom. The Kier molecular flexibility index (Phi) is 6.46. The molecule has 4 aromatic rings. The van der Waals surface area contributed by atoms with Gasteiger partial charge in [0.1, 0.15) is 11.4 Å². The lowest BCUT2D eigenvalue weighted by Crippen LogP contribution is -2.43. The minimum Gasteiger partial charge on any atom is -0.341 e. The third-order valence-corrected chi connectivity index (χ3v) is 7.38.